The highest BCUT2D eigenvalue weighted by molar-refractivity contribution is 5.42. The van der Waals surface area contributed by atoms with Gasteiger partial charge >= 0.3 is 0 Å². The van der Waals surface area contributed by atoms with Gasteiger partial charge in [0, 0.05) is 24.7 Å². The molecule has 7 heteroatoms. The second-order valence-corrected chi connectivity index (χ2v) is 8.16. The highest BCUT2D eigenvalue weighted by Gasteiger charge is 2.32. The first-order valence-corrected chi connectivity index (χ1v) is 11.0. The molecule has 0 fully saturated rings. The van der Waals surface area contributed by atoms with Gasteiger partial charge in [-0.25, -0.2) is 8.78 Å². The highest BCUT2D eigenvalue weighted by atomic mass is 19.1. The fourth-order valence-corrected chi connectivity index (χ4v) is 4.01. The Morgan fingerprint density at radius 1 is 1.22 bits per heavy atom. The molecule has 32 heavy (non-hydrogen) atoms. The third-order valence-corrected chi connectivity index (χ3v) is 5.58. The van der Waals surface area contributed by atoms with Gasteiger partial charge in [-0.3, -0.25) is 0 Å². The maximum Gasteiger partial charge on any atom is 0.126 e. The van der Waals surface area contributed by atoms with Crippen LogP contribution in [0.3, 0.4) is 0 Å². The number of benzene rings is 2. The third kappa shape index (κ3) is 6.36. The molecule has 4 N–H and O–H groups in total. The van der Waals surface area contributed by atoms with Gasteiger partial charge < -0.3 is 25.6 Å². The first-order valence-electron chi connectivity index (χ1n) is 11.0. The summed E-state index contributed by atoms with van der Waals surface area (Å²) in [5.74, 6) is -0.518. The molecule has 0 bridgehead atoms. The highest BCUT2D eigenvalue weighted by Crippen LogP contribution is 2.42. The molecule has 2 aromatic rings. The van der Waals surface area contributed by atoms with Crippen molar-refractivity contribution in [2.24, 2.45) is 5.73 Å². The predicted octanol–water partition coefficient (Wildman–Crippen LogP) is 3.96. The summed E-state index contributed by atoms with van der Waals surface area (Å²) < 4.78 is 38.6. The molecule has 3 rings (SSSR count). The molecule has 0 aromatic heterocycles. The van der Waals surface area contributed by atoms with E-state index in [2.05, 4.69) is 18.8 Å². The molecule has 1 aliphatic rings. The Hall–Kier alpha value is -2.32. The molecular formula is C25H32F2N2O3. The summed E-state index contributed by atoms with van der Waals surface area (Å²) in [5.41, 5.74) is 8.68. The van der Waals surface area contributed by atoms with Crippen LogP contribution < -0.4 is 15.8 Å². The van der Waals surface area contributed by atoms with Crippen molar-refractivity contribution in [3.63, 3.8) is 0 Å². The Bertz CT molecular complexity index is 889. The quantitative estimate of drug-likeness (QED) is 0.430. The minimum Gasteiger partial charge on any atom is -0.494 e. The molecule has 4 atom stereocenters. The van der Waals surface area contributed by atoms with Crippen LogP contribution in [0.1, 0.15) is 48.6 Å². The standard InChI is InChI=1S/C25H32F2N2O3/c1-3-7-31-19-5-6-20-21(13-19)23(14-25(20)32-8-4-2)29-15-24(30)22(28)11-16-9-17(26)12-18(27)10-16/h4-6,9-10,12-13,22-25,29-30H,2-3,7-8,11,14-15,28H2,1H3/t22-,23-,24+,25+/m0/s1. The van der Waals surface area contributed by atoms with Gasteiger partial charge in [0.2, 0.25) is 0 Å². The number of aliphatic hydroxyl groups excluding tert-OH is 1. The van der Waals surface area contributed by atoms with Crippen LogP contribution in [0.5, 0.6) is 5.75 Å². The van der Waals surface area contributed by atoms with Gasteiger partial charge in [-0.1, -0.05) is 19.1 Å². The number of nitrogens with one attached hydrogen (secondary N) is 1. The predicted molar refractivity (Wildman–Crippen MR) is 121 cm³/mol. The van der Waals surface area contributed by atoms with Crippen molar-refractivity contribution in [3.8, 4) is 5.75 Å². The Balaban J connectivity index is 1.64. The van der Waals surface area contributed by atoms with E-state index in [1.54, 1.807) is 6.08 Å². The van der Waals surface area contributed by atoms with Crippen molar-refractivity contribution < 1.29 is 23.4 Å². The Kier molecular flexibility index (Phi) is 8.75. The summed E-state index contributed by atoms with van der Waals surface area (Å²) in [6, 6.07) is 8.55. The van der Waals surface area contributed by atoms with Crippen molar-refractivity contribution in [1.29, 1.82) is 0 Å². The largest absolute Gasteiger partial charge is 0.494 e. The van der Waals surface area contributed by atoms with Crippen molar-refractivity contribution >= 4 is 0 Å². The fourth-order valence-electron chi connectivity index (χ4n) is 4.01. The second-order valence-electron chi connectivity index (χ2n) is 8.16. The number of nitrogens with two attached hydrogens (primary N) is 1. The minimum atomic E-state index is -0.891. The fraction of sp³-hybridized carbons (Fsp3) is 0.440. The number of ether oxygens (including phenoxy) is 2. The molecule has 0 saturated carbocycles. The van der Waals surface area contributed by atoms with E-state index in [0.29, 0.717) is 25.2 Å². The summed E-state index contributed by atoms with van der Waals surface area (Å²) >= 11 is 0. The Morgan fingerprint density at radius 2 is 1.97 bits per heavy atom. The molecule has 0 aliphatic heterocycles. The van der Waals surface area contributed by atoms with Crippen LogP contribution in [0.2, 0.25) is 0 Å². The van der Waals surface area contributed by atoms with E-state index in [1.807, 2.05) is 18.2 Å². The molecule has 0 spiro atoms. The Morgan fingerprint density at radius 3 is 2.66 bits per heavy atom. The molecule has 0 saturated heterocycles. The molecule has 0 heterocycles. The van der Waals surface area contributed by atoms with E-state index in [0.717, 1.165) is 29.4 Å². The van der Waals surface area contributed by atoms with Crippen molar-refractivity contribution in [1.82, 2.24) is 5.32 Å². The Labute approximate surface area is 188 Å². The normalized spacial score (nSPS) is 19.4. The maximum atomic E-state index is 13.4. The van der Waals surface area contributed by atoms with E-state index >= 15 is 0 Å². The molecule has 2 aromatic carbocycles. The summed E-state index contributed by atoms with van der Waals surface area (Å²) in [4.78, 5) is 0. The van der Waals surface area contributed by atoms with Crippen molar-refractivity contribution in [3.05, 3.63) is 77.4 Å². The van der Waals surface area contributed by atoms with Crippen LogP contribution in [0, 0.1) is 11.6 Å². The number of rotatable bonds is 12. The van der Waals surface area contributed by atoms with Crippen LogP contribution in [-0.4, -0.2) is 37.0 Å². The molecule has 5 nitrogen and oxygen atoms in total. The van der Waals surface area contributed by atoms with E-state index in [4.69, 9.17) is 15.2 Å². The zero-order chi connectivity index (χ0) is 23.1. The van der Waals surface area contributed by atoms with E-state index in [9.17, 15) is 13.9 Å². The average molecular weight is 447 g/mol. The topological polar surface area (TPSA) is 76.7 Å². The van der Waals surface area contributed by atoms with Crippen molar-refractivity contribution in [2.45, 2.75) is 50.5 Å². The van der Waals surface area contributed by atoms with Crippen LogP contribution in [0.25, 0.3) is 0 Å². The smallest absolute Gasteiger partial charge is 0.126 e. The van der Waals surface area contributed by atoms with E-state index < -0.39 is 23.8 Å². The zero-order valence-electron chi connectivity index (χ0n) is 18.4. The number of hydrogen-bond acceptors (Lipinski definition) is 5. The van der Waals surface area contributed by atoms with E-state index in [1.165, 1.54) is 12.1 Å². The lowest BCUT2D eigenvalue weighted by atomic mass is 10.0. The monoisotopic (exact) mass is 446 g/mol. The first kappa shape index (κ1) is 24.3. The maximum absolute atomic E-state index is 13.4. The van der Waals surface area contributed by atoms with Gasteiger partial charge in [-0.15, -0.1) is 6.58 Å². The third-order valence-electron chi connectivity index (χ3n) is 5.58. The zero-order valence-corrected chi connectivity index (χ0v) is 18.4. The van der Waals surface area contributed by atoms with Crippen LogP contribution in [0.4, 0.5) is 8.78 Å². The molecule has 0 radical (unpaired) electrons. The number of fused-ring (bicyclic) bond motifs is 1. The molecule has 0 unspecified atom stereocenters. The van der Waals surface area contributed by atoms with Gasteiger partial charge in [0.05, 0.1) is 25.4 Å². The molecule has 174 valence electrons. The van der Waals surface area contributed by atoms with Crippen molar-refractivity contribution in [2.75, 3.05) is 19.8 Å². The number of aliphatic hydroxyl groups is 1. The summed E-state index contributed by atoms with van der Waals surface area (Å²) in [5, 5.41) is 13.9. The minimum absolute atomic E-state index is 0.0431. The second kappa shape index (κ2) is 11.5. The van der Waals surface area contributed by atoms with Gasteiger partial charge in [0.15, 0.2) is 0 Å². The van der Waals surface area contributed by atoms with Crippen LogP contribution >= 0.6 is 0 Å². The summed E-state index contributed by atoms with van der Waals surface area (Å²) in [6.45, 7) is 7.09. The van der Waals surface area contributed by atoms with Gasteiger partial charge in [0.1, 0.15) is 17.4 Å². The molecule has 0 amide bonds. The van der Waals surface area contributed by atoms with Gasteiger partial charge in [-0.2, -0.15) is 0 Å². The SMILES string of the molecule is C=CCO[C@@H]1C[C@H](NC[C@@H](O)[C@@H](N)Cc2cc(F)cc(F)c2)c2cc(OCCC)ccc21. The molecule has 1 aliphatic carbocycles. The number of halogens is 2. The van der Waals surface area contributed by atoms with Crippen LogP contribution in [-0.2, 0) is 11.2 Å². The lowest BCUT2D eigenvalue weighted by Crippen LogP contribution is -2.43. The first-order chi connectivity index (χ1) is 15.4. The van der Waals surface area contributed by atoms with Gasteiger partial charge in [0.25, 0.3) is 0 Å². The lowest BCUT2D eigenvalue weighted by molar-refractivity contribution is 0.0678. The summed E-state index contributed by atoms with van der Waals surface area (Å²) in [7, 11) is 0. The van der Waals surface area contributed by atoms with E-state index in [-0.39, 0.29) is 25.1 Å². The average Bonchev–Trinajstić information content (AvgIpc) is 3.10. The van der Waals surface area contributed by atoms with Gasteiger partial charge in [-0.05, 0) is 60.2 Å². The lowest BCUT2D eigenvalue weighted by Gasteiger charge is -2.22. The summed E-state index contributed by atoms with van der Waals surface area (Å²) in [6.07, 6.45) is 2.54. The van der Waals surface area contributed by atoms with Crippen LogP contribution in [0.15, 0.2) is 49.1 Å². The molecular weight excluding hydrogens is 414 g/mol. The number of hydrogen-bond donors (Lipinski definition) is 3.